The molecule has 1 aromatic heterocycles. The van der Waals surface area contributed by atoms with Gasteiger partial charge in [-0.3, -0.25) is 4.79 Å². The Bertz CT molecular complexity index is 1280. The van der Waals surface area contributed by atoms with Crippen LogP contribution in [-0.4, -0.2) is 74.9 Å². The maximum absolute atomic E-state index is 13.0. The van der Waals surface area contributed by atoms with Crippen molar-refractivity contribution >= 4 is 54.2 Å². The van der Waals surface area contributed by atoms with Crippen molar-refractivity contribution < 1.29 is 17.9 Å². The molecule has 0 radical (unpaired) electrons. The fraction of sp³-hybridized carbons (Fsp3) is 0.391. The van der Waals surface area contributed by atoms with Gasteiger partial charge in [-0.25, -0.2) is 13.4 Å². The summed E-state index contributed by atoms with van der Waals surface area (Å²) in [5.41, 5.74) is 1.22. The molecule has 0 spiro atoms. The van der Waals surface area contributed by atoms with Gasteiger partial charge in [-0.2, -0.15) is 4.31 Å². The van der Waals surface area contributed by atoms with Gasteiger partial charge in [0.15, 0.2) is 10.9 Å². The number of nitrogens with zero attached hydrogens (tertiary/aromatic N) is 4. The summed E-state index contributed by atoms with van der Waals surface area (Å²) in [6.45, 7) is 6.80. The molecule has 3 aromatic rings. The lowest BCUT2D eigenvalue weighted by molar-refractivity contribution is 0.0746. The molecule has 0 bridgehead atoms. The summed E-state index contributed by atoms with van der Waals surface area (Å²) in [5, 5.41) is 1.40. The van der Waals surface area contributed by atoms with E-state index in [1.807, 2.05) is 6.07 Å². The molecule has 4 rings (SSSR count). The van der Waals surface area contributed by atoms with Crippen molar-refractivity contribution in [3.63, 3.8) is 0 Å². The second-order valence-electron chi connectivity index (χ2n) is 7.82. The minimum absolute atomic E-state index is 0.107. The van der Waals surface area contributed by atoms with Crippen LogP contribution >= 0.6 is 22.9 Å². The SMILES string of the molecule is CCN(CC)S(=O)(=O)c1ccc(C(=O)N2CCN(c3nc4c(OC)c(Cl)ccc4s3)CC2)cc1. The monoisotopic (exact) mass is 522 g/mol. The highest BCUT2D eigenvalue weighted by Gasteiger charge is 2.26. The molecule has 0 saturated carbocycles. The lowest BCUT2D eigenvalue weighted by Crippen LogP contribution is -2.48. The zero-order chi connectivity index (χ0) is 24.5. The van der Waals surface area contributed by atoms with Crippen LogP contribution in [0.1, 0.15) is 24.2 Å². The van der Waals surface area contributed by atoms with E-state index in [4.69, 9.17) is 21.3 Å². The third-order valence-corrected chi connectivity index (χ3v) is 9.38. The number of rotatable bonds is 7. The summed E-state index contributed by atoms with van der Waals surface area (Å²) >= 11 is 7.79. The largest absolute Gasteiger partial charge is 0.493 e. The van der Waals surface area contributed by atoms with Crippen LogP contribution in [0.4, 0.5) is 5.13 Å². The fourth-order valence-corrected chi connectivity index (χ4v) is 6.73. The van der Waals surface area contributed by atoms with Crippen LogP contribution in [0.15, 0.2) is 41.3 Å². The van der Waals surface area contributed by atoms with Gasteiger partial charge in [-0.15, -0.1) is 0 Å². The van der Waals surface area contributed by atoms with Crippen LogP contribution in [-0.2, 0) is 10.0 Å². The molecular weight excluding hydrogens is 496 g/mol. The van der Waals surface area contributed by atoms with Gasteiger partial charge in [0.25, 0.3) is 5.91 Å². The van der Waals surface area contributed by atoms with Crippen molar-refractivity contribution in [2.24, 2.45) is 0 Å². The summed E-state index contributed by atoms with van der Waals surface area (Å²) < 4.78 is 33.2. The average Bonchev–Trinajstić information content (AvgIpc) is 3.29. The van der Waals surface area contributed by atoms with Crippen molar-refractivity contribution in [1.29, 1.82) is 0 Å². The van der Waals surface area contributed by atoms with Crippen molar-refractivity contribution in [3.8, 4) is 5.75 Å². The minimum atomic E-state index is -3.55. The number of carbonyl (C=O) groups is 1. The number of amides is 1. The Morgan fingerprint density at radius 3 is 2.32 bits per heavy atom. The molecule has 0 aliphatic carbocycles. The molecular formula is C23H27ClN4O4S2. The number of halogens is 1. The Morgan fingerprint density at radius 1 is 1.09 bits per heavy atom. The lowest BCUT2D eigenvalue weighted by Gasteiger charge is -2.34. The van der Waals surface area contributed by atoms with E-state index < -0.39 is 10.0 Å². The zero-order valence-corrected chi connectivity index (χ0v) is 21.7. The fourth-order valence-electron chi connectivity index (χ4n) is 4.03. The topological polar surface area (TPSA) is 83.1 Å². The molecule has 1 aliphatic heterocycles. The smallest absolute Gasteiger partial charge is 0.253 e. The number of benzene rings is 2. The molecule has 0 N–H and O–H groups in total. The van der Waals surface area contributed by atoms with Gasteiger partial charge in [0, 0.05) is 44.8 Å². The first-order chi connectivity index (χ1) is 16.3. The van der Waals surface area contributed by atoms with Gasteiger partial charge >= 0.3 is 0 Å². The second kappa shape index (κ2) is 10.1. The number of ether oxygens (including phenoxy) is 1. The summed E-state index contributed by atoms with van der Waals surface area (Å²) in [7, 11) is -1.97. The molecule has 2 heterocycles. The van der Waals surface area contributed by atoms with Crippen molar-refractivity contribution in [2.75, 3.05) is 51.3 Å². The van der Waals surface area contributed by atoms with Crippen LogP contribution in [0.3, 0.4) is 0 Å². The minimum Gasteiger partial charge on any atom is -0.493 e. The number of hydrogen-bond donors (Lipinski definition) is 0. The molecule has 1 fully saturated rings. The molecule has 2 aromatic carbocycles. The van der Waals surface area contributed by atoms with Crippen LogP contribution < -0.4 is 9.64 Å². The van der Waals surface area contributed by atoms with Crippen LogP contribution in [0.5, 0.6) is 5.75 Å². The number of piperazine rings is 1. The number of thiazole rings is 1. The van der Waals surface area contributed by atoms with E-state index in [0.29, 0.717) is 55.6 Å². The summed E-state index contributed by atoms with van der Waals surface area (Å²) in [4.78, 5) is 21.9. The number of hydrogen-bond acceptors (Lipinski definition) is 7. The first-order valence-electron chi connectivity index (χ1n) is 11.1. The van der Waals surface area contributed by atoms with E-state index in [0.717, 1.165) is 15.3 Å². The molecule has 34 heavy (non-hydrogen) atoms. The summed E-state index contributed by atoms with van der Waals surface area (Å²) in [5.74, 6) is 0.464. The van der Waals surface area contributed by atoms with Crippen molar-refractivity contribution in [2.45, 2.75) is 18.7 Å². The maximum atomic E-state index is 13.0. The highest BCUT2D eigenvalue weighted by Crippen LogP contribution is 2.38. The van der Waals surface area contributed by atoms with Gasteiger partial charge in [-0.05, 0) is 36.4 Å². The number of fused-ring (bicyclic) bond motifs is 1. The molecule has 1 amide bonds. The first-order valence-corrected chi connectivity index (χ1v) is 13.7. The Hall–Kier alpha value is -2.40. The number of anilines is 1. The van der Waals surface area contributed by atoms with Crippen molar-refractivity contribution in [3.05, 3.63) is 47.0 Å². The average molecular weight is 523 g/mol. The van der Waals surface area contributed by atoms with E-state index in [9.17, 15) is 13.2 Å². The highest BCUT2D eigenvalue weighted by atomic mass is 35.5. The molecule has 0 atom stereocenters. The Morgan fingerprint density at radius 2 is 1.74 bits per heavy atom. The van der Waals surface area contributed by atoms with Gasteiger partial charge in [-0.1, -0.05) is 36.8 Å². The maximum Gasteiger partial charge on any atom is 0.253 e. The normalized spacial score (nSPS) is 14.7. The van der Waals surface area contributed by atoms with E-state index in [2.05, 4.69) is 4.90 Å². The predicted octanol–water partition coefficient (Wildman–Crippen LogP) is 3.95. The highest BCUT2D eigenvalue weighted by molar-refractivity contribution is 7.89. The molecule has 1 aliphatic rings. The zero-order valence-electron chi connectivity index (χ0n) is 19.3. The quantitative estimate of drug-likeness (QED) is 0.467. The van der Waals surface area contributed by atoms with E-state index in [1.54, 1.807) is 55.4 Å². The number of carbonyl (C=O) groups excluding carboxylic acids is 1. The van der Waals surface area contributed by atoms with Crippen LogP contribution in [0.25, 0.3) is 10.2 Å². The molecule has 11 heteroatoms. The standard InChI is InChI=1S/C23H27ClN4O4S2/c1-4-28(5-2)34(30,31)17-8-6-16(7-9-17)22(29)26-12-14-27(15-13-26)23-25-20-19(33-23)11-10-18(24)21(20)32-3/h6-11H,4-5,12-15H2,1-3H3. The van der Waals surface area contributed by atoms with Gasteiger partial charge in [0.1, 0.15) is 5.52 Å². The third kappa shape index (κ3) is 4.59. The van der Waals surface area contributed by atoms with Gasteiger partial charge < -0.3 is 14.5 Å². The third-order valence-electron chi connectivity index (χ3n) is 5.94. The Balaban J connectivity index is 1.43. The van der Waals surface area contributed by atoms with E-state index >= 15 is 0 Å². The first kappa shape index (κ1) is 24.7. The summed E-state index contributed by atoms with van der Waals surface area (Å²) in [6, 6.07) is 9.95. The van der Waals surface area contributed by atoms with Crippen LogP contribution in [0.2, 0.25) is 5.02 Å². The summed E-state index contributed by atoms with van der Waals surface area (Å²) in [6.07, 6.45) is 0. The van der Waals surface area contributed by atoms with Gasteiger partial charge in [0.2, 0.25) is 10.0 Å². The van der Waals surface area contributed by atoms with E-state index in [1.165, 1.54) is 16.4 Å². The Labute approximate surface area is 208 Å². The molecule has 8 nitrogen and oxygen atoms in total. The van der Waals surface area contributed by atoms with Crippen molar-refractivity contribution in [1.82, 2.24) is 14.2 Å². The predicted molar refractivity (Wildman–Crippen MR) is 136 cm³/mol. The second-order valence-corrected chi connectivity index (χ2v) is 11.2. The number of aromatic nitrogens is 1. The van der Waals surface area contributed by atoms with E-state index in [-0.39, 0.29) is 10.8 Å². The van der Waals surface area contributed by atoms with Crippen LogP contribution in [0, 0.1) is 0 Å². The molecule has 182 valence electrons. The molecule has 1 saturated heterocycles. The lowest BCUT2D eigenvalue weighted by atomic mass is 10.2. The number of methoxy groups -OCH3 is 1. The Kier molecular flexibility index (Phi) is 7.32. The number of sulfonamides is 1. The van der Waals surface area contributed by atoms with Gasteiger partial charge in [0.05, 0.1) is 21.7 Å². The molecule has 0 unspecified atom stereocenters.